The molecule has 0 radical (unpaired) electrons. The average Bonchev–Trinajstić information content (AvgIpc) is 2.40. The van der Waals surface area contributed by atoms with Crippen LogP contribution in [0.1, 0.15) is 51.4 Å². The maximum absolute atomic E-state index is 12.9. The molecule has 4 aliphatic carbocycles. The van der Waals surface area contributed by atoms with Crippen molar-refractivity contribution in [3.63, 3.8) is 0 Å². The Balaban J connectivity index is 1.43. The zero-order valence-corrected chi connectivity index (χ0v) is 12.7. The van der Waals surface area contributed by atoms with E-state index in [-0.39, 0.29) is 5.41 Å². The standard InChI is InChI=1S/C17H28N2O/c1-19-4-2-15(3-5-19)18-16(20)17-9-12-6-13(10-17)8-14(7-12)11-17/h12-15H,2-11H2,1H3,(H,18,20). The van der Waals surface area contributed by atoms with E-state index in [0.717, 1.165) is 43.7 Å². The fraction of sp³-hybridized carbons (Fsp3) is 0.941. The first-order valence-corrected chi connectivity index (χ1v) is 8.62. The van der Waals surface area contributed by atoms with Gasteiger partial charge >= 0.3 is 0 Å². The summed E-state index contributed by atoms with van der Waals surface area (Å²) >= 11 is 0. The Hall–Kier alpha value is -0.570. The van der Waals surface area contributed by atoms with Crippen LogP contribution in [0, 0.1) is 23.2 Å². The van der Waals surface area contributed by atoms with E-state index in [4.69, 9.17) is 0 Å². The molecule has 4 bridgehead atoms. The normalized spacial score (nSPS) is 44.8. The second-order valence-electron chi connectivity index (χ2n) is 8.25. The minimum atomic E-state index is 0.0398. The molecule has 5 rings (SSSR count). The van der Waals surface area contributed by atoms with Crippen LogP contribution in [-0.2, 0) is 4.79 Å². The molecule has 1 aliphatic heterocycles. The van der Waals surface area contributed by atoms with Crippen LogP contribution < -0.4 is 5.32 Å². The molecule has 1 saturated heterocycles. The van der Waals surface area contributed by atoms with Crippen molar-refractivity contribution in [3.8, 4) is 0 Å². The van der Waals surface area contributed by atoms with Gasteiger partial charge in [-0.2, -0.15) is 0 Å². The topological polar surface area (TPSA) is 32.3 Å². The highest BCUT2D eigenvalue weighted by Crippen LogP contribution is 2.60. The maximum Gasteiger partial charge on any atom is 0.226 e. The lowest BCUT2D eigenvalue weighted by Gasteiger charge is -2.56. The Morgan fingerprint density at radius 3 is 2.00 bits per heavy atom. The Kier molecular flexibility index (Phi) is 3.10. The van der Waals surface area contributed by atoms with Crippen LogP contribution in [0.3, 0.4) is 0 Å². The summed E-state index contributed by atoms with van der Waals surface area (Å²) in [6, 6.07) is 0.437. The molecule has 0 aromatic rings. The van der Waals surface area contributed by atoms with Crippen molar-refractivity contribution in [2.75, 3.05) is 20.1 Å². The molecule has 3 nitrogen and oxygen atoms in total. The summed E-state index contributed by atoms with van der Waals surface area (Å²) in [5.41, 5.74) is 0.0398. The smallest absolute Gasteiger partial charge is 0.226 e. The Morgan fingerprint density at radius 2 is 1.50 bits per heavy atom. The van der Waals surface area contributed by atoms with Crippen LogP contribution in [0.4, 0.5) is 0 Å². The third-order valence-corrected chi connectivity index (χ3v) is 6.57. The highest BCUT2D eigenvalue weighted by Gasteiger charge is 2.54. The third-order valence-electron chi connectivity index (χ3n) is 6.57. The summed E-state index contributed by atoms with van der Waals surface area (Å²) in [5.74, 6) is 3.02. The minimum absolute atomic E-state index is 0.0398. The summed E-state index contributed by atoms with van der Waals surface area (Å²) in [6.45, 7) is 2.26. The van der Waals surface area contributed by atoms with Gasteiger partial charge in [-0.1, -0.05) is 0 Å². The van der Waals surface area contributed by atoms with E-state index < -0.39 is 0 Å². The first-order chi connectivity index (χ1) is 9.63. The van der Waals surface area contributed by atoms with Gasteiger partial charge in [0.05, 0.1) is 0 Å². The lowest BCUT2D eigenvalue weighted by molar-refractivity contribution is -0.147. The van der Waals surface area contributed by atoms with Crippen LogP contribution in [-0.4, -0.2) is 37.0 Å². The number of hydrogen-bond donors (Lipinski definition) is 1. The summed E-state index contributed by atoms with van der Waals surface area (Å²) in [5, 5.41) is 3.43. The molecule has 0 atom stereocenters. The monoisotopic (exact) mass is 276 g/mol. The molecular formula is C17H28N2O. The maximum atomic E-state index is 12.9. The number of rotatable bonds is 2. The molecule has 5 aliphatic rings. The highest BCUT2D eigenvalue weighted by atomic mass is 16.2. The number of piperidine rings is 1. The number of amides is 1. The molecule has 0 aromatic heterocycles. The summed E-state index contributed by atoms with van der Waals surface area (Å²) in [4.78, 5) is 15.3. The molecule has 1 amide bonds. The second-order valence-corrected chi connectivity index (χ2v) is 8.25. The zero-order valence-electron chi connectivity index (χ0n) is 12.7. The van der Waals surface area contributed by atoms with E-state index in [1.807, 2.05) is 0 Å². The molecule has 0 spiro atoms. The van der Waals surface area contributed by atoms with Crippen molar-refractivity contribution in [2.45, 2.75) is 57.4 Å². The van der Waals surface area contributed by atoms with E-state index >= 15 is 0 Å². The van der Waals surface area contributed by atoms with Crippen molar-refractivity contribution < 1.29 is 4.79 Å². The number of carbonyl (C=O) groups is 1. The van der Waals surface area contributed by atoms with Crippen molar-refractivity contribution in [1.82, 2.24) is 10.2 Å². The van der Waals surface area contributed by atoms with E-state index in [9.17, 15) is 4.79 Å². The molecule has 3 heteroatoms. The zero-order chi connectivity index (χ0) is 13.7. The number of nitrogens with zero attached hydrogens (tertiary/aromatic N) is 1. The predicted octanol–water partition coefficient (Wildman–Crippen LogP) is 2.41. The van der Waals surface area contributed by atoms with E-state index in [0.29, 0.717) is 11.9 Å². The van der Waals surface area contributed by atoms with Crippen LogP contribution in [0.15, 0.2) is 0 Å². The van der Waals surface area contributed by atoms with Gasteiger partial charge in [-0.15, -0.1) is 0 Å². The van der Waals surface area contributed by atoms with Gasteiger partial charge in [0, 0.05) is 11.5 Å². The van der Waals surface area contributed by atoms with Gasteiger partial charge < -0.3 is 10.2 Å². The van der Waals surface area contributed by atoms with E-state index in [2.05, 4.69) is 17.3 Å². The number of likely N-dealkylation sites (tertiary alicyclic amines) is 1. The molecule has 112 valence electrons. The number of hydrogen-bond acceptors (Lipinski definition) is 2. The summed E-state index contributed by atoms with van der Waals surface area (Å²) in [7, 11) is 2.18. The molecule has 0 unspecified atom stereocenters. The Labute approximate surface area is 122 Å². The van der Waals surface area contributed by atoms with E-state index in [1.165, 1.54) is 38.5 Å². The Bertz CT molecular complexity index is 363. The molecule has 4 saturated carbocycles. The lowest BCUT2D eigenvalue weighted by Crippen LogP contribution is -2.56. The molecule has 0 aromatic carbocycles. The second kappa shape index (κ2) is 4.72. The van der Waals surface area contributed by atoms with Gasteiger partial charge in [0.1, 0.15) is 0 Å². The third kappa shape index (κ3) is 2.18. The van der Waals surface area contributed by atoms with Crippen molar-refractivity contribution >= 4 is 5.91 Å². The summed E-state index contributed by atoms with van der Waals surface area (Å²) < 4.78 is 0. The van der Waals surface area contributed by atoms with Gasteiger partial charge in [0.15, 0.2) is 0 Å². The molecule has 1 N–H and O–H groups in total. The van der Waals surface area contributed by atoms with Gasteiger partial charge in [0.2, 0.25) is 5.91 Å². The van der Waals surface area contributed by atoms with Gasteiger partial charge in [-0.25, -0.2) is 0 Å². The predicted molar refractivity (Wildman–Crippen MR) is 79.3 cm³/mol. The van der Waals surface area contributed by atoms with Crippen LogP contribution in [0.25, 0.3) is 0 Å². The fourth-order valence-electron chi connectivity index (χ4n) is 5.88. The van der Waals surface area contributed by atoms with Gasteiger partial charge in [-0.3, -0.25) is 4.79 Å². The lowest BCUT2D eigenvalue weighted by atomic mass is 9.49. The molecule has 5 fully saturated rings. The largest absolute Gasteiger partial charge is 0.353 e. The first-order valence-electron chi connectivity index (χ1n) is 8.62. The quantitative estimate of drug-likeness (QED) is 0.840. The first kappa shape index (κ1) is 13.1. The summed E-state index contributed by atoms with van der Waals surface area (Å²) in [6.07, 6.45) is 10.1. The molecular weight excluding hydrogens is 248 g/mol. The van der Waals surface area contributed by atoms with Gasteiger partial charge in [0.25, 0.3) is 0 Å². The Morgan fingerprint density at radius 1 is 1.00 bits per heavy atom. The SMILES string of the molecule is CN1CCC(NC(=O)C23CC4CC(CC(C4)C2)C3)CC1. The van der Waals surface area contributed by atoms with Crippen LogP contribution in [0.2, 0.25) is 0 Å². The van der Waals surface area contributed by atoms with Crippen molar-refractivity contribution in [1.29, 1.82) is 0 Å². The van der Waals surface area contributed by atoms with Crippen LogP contribution in [0.5, 0.6) is 0 Å². The van der Waals surface area contributed by atoms with Crippen molar-refractivity contribution in [2.24, 2.45) is 23.2 Å². The minimum Gasteiger partial charge on any atom is -0.353 e. The average molecular weight is 276 g/mol. The highest BCUT2D eigenvalue weighted by molar-refractivity contribution is 5.83. The van der Waals surface area contributed by atoms with Crippen molar-refractivity contribution in [3.05, 3.63) is 0 Å². The molecule has 20 heavy (non-hydrogen) atoms. The fourth-order valence-corrected chi connectivity index (χ4v) is 5.88. The van der Waals surface area contributed by atoms with Crippen LogP contribution >= 0.6 is 0 Å². The number of nitrogens with one attached hydrogen (secondary N) is 1. The van der Waals surface area contributed by atoms with E-state index in [1.54, 1.807) is 0 Å². The van der Waals surface area contributed by atoms with Gasteiger partial charge in [-0.05, 0) is 89.3 Å². The molecule has 1 heterocycles. The number of carbonyl (C=O) groups excluding carboxylic acids is 1.